The van der Waals surface area contributed by atoms with E-state index in [1.165, 1.54) is 6.08 Å². The van der Waals surface area contributed by atoms with Crippen LogP contribution in [0.3, 0.4) is 0 Å². The highest BCUT2D eigenvalue weighted by Gasteiger charge is 2.00. The Kier molecular flexibility index (Phi) is 4.03. The van der Waals surface area contributed by atoms with Crippen molar-refractivity contribution in [1.29, 1.82) is 0 Å². The second kappa shape index (κ2) is 5.54. The number of hydrogen-bond acceptors (Lipinski definition) is 4. The number of aldehydes is 1. The molecule has 5 nitrogen and oxygen atoms in total. The van der Waals surface area contributed by atoms with Crippen LogP contribution in [0.15, 0.2) is 30.5 Å². The van der Waals surface area contributed by atoms with E-state index in [-0.39, 0.29) is 12.2 Å². The summed E-state index contributed by atoms with van der Waals surface area (Å²) in [5.41, 5.74) is 6.41. The zero-order valence-corrected chi connectivity index (χ0v) is 8.01. The van der Waals surface area contributed by atoms with Crippen LogP contribution in [-0.2, 0) is 9.59 Å². The van der Waals surface area contributed by atoms with Gasteiger partial charge in [-0.1, -0.05) is 6.07 Å². The summed E-state index contributed by atoms with van der Waals surface area (Å²) in [5.74, 6) is -0.412. The molecule has 0 aliphatic heterocycles. The second-order valence-electron chi connectivity index (χ2n) is 2.73. The smallest absolute Gasteiger partial charge is 0.246 e. The van der Waals surface area contributed by atoms with Gasteiger partial charge in [-0.2, -0.15) is 0 Å². The van der Waals surface area contributed by atoms with E-state index < -0.39 is 5.91 Å². The van der Waals surface area contributed by atoms with Gasteiger partial charge in [0.2, 0.25) is 5.91 Å². The third-order valence-electron chi connectivity index (χ3n) is 1.61. The predicted molar refractivity (Wildman–Crippen MR) is 55.5 cm³/mol. The van der Waals surface area contributed by atoms with E-state index >= 15 is 0 Å². The summed E-state index contributed by atoms with van der Waals surface area (Å²) in [4.78, 5) is 25.1. The molecule has 78 valence electrons. The van der Waals surface area contributed by atoms with Gasteiger partial charge in [-0.25, -0.2) is 0 Å². The van der Waals surface area contributed by atoms with E-state index in [0.29, 0.717) is 12.0 Å². The van der Waals surface area contributed by atoms with Gasteiger partial charge >= 0.3 is 0 Å². The zero-order valence-electron chi connectivity index (χ0n) is 8.01. The molecule has 1 aromatic rings. The van der Waals surface area contributed by atoms with Gasteiger partial charge < -0.3 is 15.8 Å². The normalized spacial score (nSPS) is 10.8. The molecule has 0 aromatic carbocycles. The lowest BCUT2D eigenvalue weighted by atomic mass is 10.2. The first kappa shape index (κ1) is 10.9. The molecular weight excluding hydrogens is 194 g/mol. The van der Waals surface area contributed by atoms with Crippen molar-refractivity contribution in [1.82, 2.24) is 10.3 Å². The van der Waals surface area contributed by atoms with Crippen molar-refractivity contribution in [2.75, 3.05) is 6.54 Å². The molecule has 15 heavy (non-hydrogen) atoms. The lowest BCUT2D eigenvalue weighted by molar-refractivity contribution is -0.118. The van der Waals surface area contributed by atoms with Crippen molar-refractivity contribution in [3.8, 4) is 0 Å². The van der Waals surface area contributed by atoms with Crippen molar-refractivity contribution >= 4 is 17.9 Å². The fourth-order valence-corrected chi connectivity index (χ4v) is 0.942. The summed E-state index contributed by atoms with van der Waals surface area (Å²) < 4.78 is 0. The molecular formula is C10H11N3O2. The van der Waals surface area contributed by atoms with Gasteiger partial charge in [0.1, 0.15) is 6.29 Å². The molecule has 0 bridgehead atoms. The summed E-state index contributed by atoms with van der Waals surface area (Å²) in [6.45, 7) is -0.0230. The minimum atomic E-state index is -0.412. The Morgan fingerprint density at radius 2 is 2.33 bits per heavy atom. The predicted octanol–water partition coefficient (Wildman–Crippen LogP) is -0.304. The Labute approximate surface area is 87.0 Å². The number of amides is 1. The fraction of sp³-hybridized carbons (Fsp3) is 0.100. The second-order valence-corrected chi connectivity index (χ2v) is 2.73. The molecule has 0 aliphatic carbocycles. The first-order valence-electron chi connectivity index (χ1n) is 4.34. The Balaban J connectivity index is 2.67. The van der Waals surface area contributed by atoms with E-state index in [9.17, 15) is 9.59 Å². The summed E-state index contributed by atoms with van der Waals surface area (Å²) >= 11 is 0. The van der Waals surface area contributed by atoms with Crippen LogP contribution in [0.5, 0.6) is 0 Å². The SMILES string of the molecule is NC(=CC(=O)NCC=O)c1ccccn1. The number of nitrogens with two attached hydrogens (primary N) is 1. The number of carbonyl (C=O) groups is 2. The Hall–Kier alpha value is -2.17. The Bertz CT molecular complexity index is 374. The summed E-state index contributed by atoms with van der Waals surface area (Å²) in [6.07, 6.45) is 3.38. The number of aromatic nitrogens is 1. The summed E-state index contributed by atoms with van der Waals surface area (Å²) in [6, 6.07) is 5.22. The molecule has 3 N–H and O–H groups in total. The van der Waals surface area contributed by atoms with Crippen LogP contribution in [0.25, 0.3) is 5.70 Å². The van der Waals surface area contributed by atoms with Crippen molar-refractivity contribution in [2.24, 2.45) is 5.73 Å². The lowest BCUT2D eigenvalue weighted by Crippen LogP contribution is -2.23. The number of carbonyl (C=O) groups excluding carboxylic acids is 2. The van der Waals surface area contributed by atoms with Gasteiger partial charge in [0.15, 0.2) is 0 Å². The maximum Gasteiger partial charge on any atom is 0.246 e. The fourth-order valence-electron chi connectivity index (χ4n) is 0.942. The van der Waals surface area contributed by atoms with Gasteiger partial charge in [-0.15, -0.1) is 0 Å². The molecule has 0 fully saturated rings. The van der Waals surface area contributed by atoms with Gasteiger partial charge in [0, 0.05) is 12.3 Å². The van der Waals surface area contributed by atoms with Crippen LogP contribution >= 0.6 is 0 Å². The highest BCUT2D eigenvalue weighted by Crippen LogP contribution is 2.02. The number of hydrogen-bond donors (Lipinski definition) is 2. The van der Waals surface area contributed by atoms with Crippen molar-refractivity contribution in [2.45, 2.75) is 0 Å². The van der Waals surface area contributed by atoms with E-state index in [1.807, 2.05) is 0 Å². The quantitative estimate of drug-likeness (QED) is 0.522. The van der Waals surface area contributed by atoms with E-state index in [0.717, 1.165) is 0 Å². The largest absolute Gasteiger partial charge is 0.397 e. The van der Waals surface area contributed by atoms with E-state index in [2.05, 4.69) is 10.3 Å². The molecule has 0 saturated carbocycles. The molecule has 0 radical (unpaired) electrons. The number of nitrogens with zero attached hydrogens (tertiary/aromatic N) is 1. The first-order chi connectivity index (χ1) is 7.24. The maximum atomic E-state index is 11.1. The highest BCUT2D eigenvalue weighted by molar-refractivity contribution is 5.94. The van der Waals surface area contributed by atoms with E-state index in [4.69, 9.17) is 5.73 Å². The van der Waals surface area contributed by atoms with Crippen LogP contribution in [0.1, 0.15) is 5.69 Å². The molecule has 1 aromatic heterocycles. The summed E-state index contributed by atoms with van der Waals surface area (Å²) in [5, 5.41) is 2.34. The molecule has 1 heterocycles. The highest BCUT2D eigenvalue weighted by atomic mass is 16.2. The van der Waals surface area contributed by atoms with Crippen LogP contribution in [0, 0.1) is 0 Å². The lowest BCUT2D eigenvalue weighted by Gasteiger charge is -2.00. The van der Waals surface area contributed by atoms with Crippen molar-refractivity contribution in [3.05, 3.63) is 36.2 Å². The van der Waals surface area contributed by atoms with Crippen molar-refractivity contribution < 1.29 is 9.59 Å². The summed E-state index contributed by atoms with van der Waals surface area (Å²) in [7, 11) is 0. The topological polar surface area (TPSA) is 85.1 Å². The molecule has 0 saturated heterocycles. The van der Waals surface area contributed by atoms with Gasteiger partial charge in [-0.3, -0.25) is 9.78 Å². The zero-order chi connectivity index (χ0) is 11.1. The molecule has 0 atom stereocenters. The standard InChI is InChI=1S/C10H11N3O2/c11-8(7-10(15)13-5-6-14)9-3-1-2-4-12-9/h1-4,6-7H,5,11H2,(H,13,15). The maximum absolute atomic E-state index is 11.1. The third kappa shape index (κ3) is 3.60. The molecule has 0 spiro atoms. The van der Waals surface area contributed by atoms with Crippen LogP contribution in [0.4, 0.5) is 0 Å². The monoisotopic (exact) mass is 205 g/mol. The average molecular weight is 205 g/mol. The van der Waals surface area contributed by atoms with Crippen molar-refractivity contribution in [3.63, 3.8) is 0 Å². The van der Waals surface area contributed by atoms with Crippen LogP contribution < -0.4 is 11.1 Å². The molecule has 1 rings (SSSR count). The molecule has 5 heteroatoms. The number of pyridine rings is 1. The van der Waals surface area contributed by atoms with Crippen LogP contribution in [-0.4, -0.2) is 23.7 Å². The van der Waals surface area contributed by atoms with Gasteiger partial charge in [0.05, 0.1) is 17.9 Å². The Morgan fingerprint density at radius 3 is 2.93 bits per heavy atom. The third-order valence-corrected chi connectivity index (χ3v) is 1.61. The number of nitrogens with one attached hydrogen (secondary N) is 1. The molecule has 1 amide bonds. The van der Waals surface area contributed by atoms with E-state index in [1.54, 1.807) is 24.4 Å². The molecule has 0 aliphatic rings. The minimum absolute atomic E-state index is 0.0230. The first-order valence-corrected chi connectivity index (χ1v) is 4.34. The minimum Gasteiger partial charge on any atom is -0.397 e. The van der Waals surface area contributed by atoms with Gasteiger partial charge in [-0.05, 0) is 12.1 Å². The van der Waals surface area contributed by atoms with Crippen LogP contribution in [0.2, 0.25) is 0 Å². The van der Waals surface area contributed by atoms with Gasteiger partial charge in [0.25, 0.3) is 0 Å². The Morgan fingerprint density at radius 1 is 1.53 bits per heavy atom. The average Bonchev–Trinajstić information content (AvgIpc) is 2.27. The number of rotatable bonds is 4. The molecule has 0 unspecified atom stereocenters.